The molecule has 0 bridgehead atoms. The third kappa shape index (κ3) is 4.68. The van der Waals surface area contributed by atoms with Crippen molar-refractivity contribution in [2.75, 3.05) is 17.3 Å². The van der Waals surface area contributed by atoms with E-state index in [-0.39, 0.29) is 5.91 Å². The van der Waals surface area contributed by atoms with Gasteiger partial charge in [-0.2, -0.15) is 11.8 Å². The highest BCUT2D eigenvalue weighted by molar-refractivity contribution is 8.00. The predicted molar refractivity (Wildman–Crippen MR) is 87.1 cm³/mol. The lowest BCUT2D eigenvalue weighted by molar-refractivity contribution is -0.141. The average Bonchev–Trinajstić information content (AvgIpc) is 2.85. The number of fused-ring (bicyclic) bond motifs is 1. The lowest BCUT2D eigenvalue weighted by Crippen LogP contribution is -2.39. The molecular weight excluding hydrogens is 306 g/mol. The van der Waals surface area contributed by atoms with Gasteiger partial charge in [-0.25, -0.2) is 4.79 Å². The Morgan fingerprint density at radius 3 is 2.95 bits per heavy atom. The smallest absolute Gasteiger partial charge is 0.326 e. The maximum atomic E-state index is 11.0. The minimum absolute atomic E-state index is 0.298. The van der Waals surface area contributed by atoms with Crippen molar-refractivity contribution in [1.82, 2.24) is 5.32 Å². The third-order valence-electron chi connectivity index (χ3n) is 3.34. The Labute approximate surface area is 133 Å². The molecule has 0 radical (unpaired) electrons. The normalized spacial score (nSPS) is 18.0. The number of rotatable bonds is 7. The largest absolute Gasteiger partial charge is 0.480 e. The van der Waals surface area contributed by atoms with Crippen molar-refractivity contribution in [3.05, 3.63) is 29.8 Å². The number of aliphatic carboxylic acids is 1. The minimum Gasteiger partial charge on any atom is -0.480 e. The molecule has 1 aromatic rings. The number of carbonyl (C=O) groups excluding carboxylic acids is 1. The zero-order valence-corrected chi connectivity index (χ0v) is 13.5. The minimum atomic E-state index is -0.965. The van der Waals surface area contributed by atoms with E-state index in [2.05, 4.69) is 29.6 Å². The highest BCUT2D eigenvalue weighted by atomic mass is 32.2. The first-order valence-electron chi connectivity index (χ1n) is 6.87. The van der Waals surface area contributed by atoms with Crippen LogP contribution >= 0.6 is 23.5 Å². The van der Waals surface area contributed by atoms with E-state index in [1.165, 1.54) is 17.4 Å². The van der Waals surface area contributed by atoms with Gasteiger partial charge in [0.1, 0.15) is 6.04 Å². The third-order valence-corrected chi connectivity index (χ3v) is 5.76. The van der Waals surface area contributed by atoms with Gasteiger partial charge >= 0.3 is 5.97 Å². The van der Waals surface area contributed by atoms with E-state index in [1.54, 1.807) is 11.8 Å². The zero-order chi connectivity index (χ0) is 15.2. The van der Waals surface area contributed by atoms with Gasteiger partial charge in [-0.3, -0.25) is 4.79 Å². The van der Waals surface area contributed by atoms with Crippen LogP contribution in [0.1, 0.15) is 24.8 Å². The molecule has 0 saturated heterocycles. The number of hydrogen-bond acceptors (Lipinski definition) is 4. The fourth-order valence-electron chi connectivity index (χ4n) is 2.30. The molecule has 0 fully saturated rings. The zero-order valence-electron chi connectivity index (χ0n) is 11.9. The molecule has 1 aliphatic heterocycles. The van der Waals surface area contributed by atoms with Gasteiger partial charge in [-0.05, 0) is 23.8 Å². The monoisotopic (exact) mass is 325 g/mol. The molecular formula is C15H19NO3S2. The molecule has 2 atom stereocenters. The van der Waals surface area contributed by atoms with Gasteiger partial charge in [0, 0.05) is 29.2 Å². The molecule has 1 aromatic carbocycles. The molecule has 0 saturated carbocycles. The van der Waals surface area contributed by atoms with Crippen molar-refractivity contribution >= 4 is 35.4 Å². The molecule has 0 aromatic heterocycles. The predicted octanol–water partition coefficient (Wildman–Crippen LogP) is 2.59. The van der Waals surface area contributed by atoms with E-state index in [0.717, 1.165) is 17.3 Å². The van der Waals surface area contributed by atoms with Crippen LogP contribution in [0.15, 0.2) is 29.2 Å². The topological polar surface area (TPSA) is 66.4 Å². The van der Waals surface area contributed by atoms with Crippen molar-refractivity contribution in [2.24, 2.45) is 0 Å². The lowest BCUT2D eigenvalue weighted by Gasteiger charge is -2.14. The summed E-state index contributed by atoms with van der Waals surface area (Å²) in [6.45, 7) is 1.34. The number of carbonyl (C=O) groups is 2. The molecule has 0 spiro atoms. The van der Waals surface area contributed by atoms with E-state index in [1.807, 2.05) is 11.8 Å². The molecule has 2 N–H and O–H groups in total. The van der Waals surface area contributed by atoms with Crippen LogP contribution in [0.5, 0.6) is 0 Å². The van der Waals surface area contributed by atoms with Gasteiger partial charge in [0.15, 0.2) is 0 Å². The Morgan fingerprint density at radius 2 is 2.24 bits per heavy atom. The molecule has 2 rings (SSSR count). The number of hydrogen-bond donors (Lipinski definition) is 2. The second kappa shape index (κ2) is 7.75. The molecule has 4 nitrogen and oxygen atoms in total. The summed E-state index contributed by atoms with van der Waals surface area (Å²) in [5.41, 5.74) is 1.41. The molecule has 6 heteroatoms. The maximum Gasteiger partial charge on any atom is 0.326 e. The first-order chi connectivity index (χ1) is 10.1. The quantitative estimate of drug-likeness (QED) is 0.754. The van der Waals surface area contributed by atoms with Gasteiger partial charge in [0.25, 0.3) is 0 Å². The standard InChI is InChI=1S/C15H19NO3S2/c1-10(17)16-13(15(18)19)6-7-20-8-11-9-21-14-5-3-2-4-12(11)14/h2-5,11,13H,6-9H2,1H3,(H,16,17)(H,18,19). The molecule has 114 valence electrons. The summed E-state index contributed by atoms with van der Waals surface area (Å²) in [6, 6.07) is 7.69. The molecule has 1 aliphatic rings. The fourth-order valence-corrected chi connectivity index (χ4v) is 4.85. The van der Waals surface area contributed by atoms with Crippen LogP contribution in [0.25, 0.3) is 0 Å². The van der Waals surface area contributed by atoms with Gasteiger partial charge in [0.2, 0.25) is 5.91 Å². The van der Waals surface area contributed by atoms with Crippen molar-refractivity contribution in [3.8, 4) is 0 Å². The summed E-state index contributed by atoms with van der Waals surface area (Å²) in [4.78, 5) is 23.3. The summed E-state index contributed by atoms with van der Waals surface area (Å²) < 4.78 is 0. The van der Waals surface area contributed by atoms with Crippen molar-refractivity contribution in [1.29, 1.82) is 0 Å². The van der Waals surface area contributed by atoms with Crippen molar-refractivity contribution < 1.29 is 14.7 Å². The fraction of sp³-hybridized carbons (Fsp3) is 0.467. The second-order valence-corrected chi connectivity index (χ2v) is 7.21. The molecule has 21 heavy (non-hydrogen) atoms. The number of carboxylic acid groups (broad SMARTS) is 1. The van der Waals surface area contributed by atoms with Crippen molar-refractivity contribution in [3.63, 3.8) is 0 Å². The Morgan fingerprint density at radius 1 is 1.48 bits per heavy atom. The van der Waals surface area contributed by atoms with Crippen LogP contribution in [0.2, 0.25) is 0 Å². The highest BCUT2D eigenvalue weighted by Gasteiger charge is 2.23. The van der Waals surface area contributed by atoms with E-state index in [9.17, 15) is 9.59 Å². The van der Waals surface area contributed by atoms with Gasteiger partial charge < -0.3 is 10.4 Å². The van der Waals surface area contributed by atoms with Crippen LogP contribution in [-0.2, 0) is 9.59 Å². The Balaban J connectivity index is 1.75. The number of nitrogens with one attached hydrogen (secondary N) is 1. The second-order valence-electron chi connectivity index (χ2n) is 5.00. The van der Waals surface area contributed by atoms with E-state index >= 15 is 0 Å². The van der Waals surface area contributed by atoms with E-state index in [0.29, 0.717) is 12.3 Å². The lowest BCUT2D eigenvalue weighted by atomic mass is 10.0. The van der Waals surface area contributed by atoms with Crippen LogP contribution < -0.4 is 5.32 Å². The van der Waals surface area contributed by atoms with Crippen LogP contribution in [-0.4, -0.2) is 40.3 Å². The summed E-state index contributed by atoms with van der Waals surface area (Å²) >= 11 is 3.65. The molecule has 1 amide bonds. The van der Waals surface area contributed by atoms with Gasteiger partial charge in [-0.15, -0.1) is 11.8 Å². The van der Waals surface area contributed by atoms with Crippen molar-refractivity contribution in [2.45, 2.75) is 30.2 Å². The number of carboxylic acids is 1. The molecule has 2 unspecified atom stereocenters. The van der Waals surface area contributed by atoms with E-state index < -0.39 is 12.0 Å². The van der Waals surface area contributed by atoms with E-state index in [4.69, 9.17) is 5.11 Å². The summed E-state index contributed by atoms with van der Waals surface area (Å²) in [5.74, 6) is 2.11. The molecule has 0 aliphatic carbocycles. The molecule has 1 heterocycles. The highest BCUT2D eigenvalue weighted by Crippen LogP contribution is 2.40. The van der Waals surface area contributed by atoms with Crippen LogP contribution in [0.4, 0.5) is 0 Å². The number of benzene rings is 1. The van der Waals surface area contributed by atoms with Crippen LogP contribution in [0, 0.1) is 0 Å². The summed E-state index contributed by atoms with van der Waals surface area (Å²) in [6.07, 6.45) is 0.459. The number of amides is 1. The Bertz CT molecular complexity index is 521. The maximum absolute atomic E-state index is 11.0. The summed E-state index contributed by atoms with van der Waals surface area (Å²) in [7, 11) is 0. The van der Waals surface area contributed by atoms with Crippen LogP contribution in [0.3, 0.4) is 0 Å². The SMILES string of the molecule is CC(=O)NC(CCSCC1CSc2ccccc21)C(=O)O. The Hall–Kier alpha value is -1.14. The van der Waals surface area contributed by atoms with Gasteiger partial charge in [0.05, 0.1) is 0 Å². The number of thioether (sulfide) groups is 2. The first kappa shape index (κ1) is 16.2. The Kier molecular flexibility index (Phi) is 5.99. The first-order valence-corrected chi connectivity index (χ1v) is 9.01. The average molecular weight is 325 g/mol. The van der Waals surface area contributed by atoms with Gasteiger partial charge in [-0.1, -0.05) is 18.2 Å². The summed E-state index contributed by atoms with van der Waals surface area (Å²) in [5, 5.41) is 11.5.